The molecule has 0 spiro atoms. The predicted octanol–water partition coefficient (Wildman–Crippen LogP) is 5.06. The molecule has 9 heteroatoms. The second-order valence-electron chi connectivity index (χ2n) is 7.20. The number of aliphatic imine (C=N–C) groups is 1. The number of carbonyl (C=O) groups excluding carboxylic acids is 1. The zero-order chi connectivity index (χ0) is 24.1. The minimum absolute atomic E-state index is 0.0166. The van der Waals surface area contributed by atoms with Crippen LogP contribution in [0.2, 0.25) is 0 Å². The zero-order valence-electron chi connectivity index (χ0n) is 18.1. The fourth-order valence-electron chi connectivity index (χ4n) is 3.21. The summed E-state index contributed by atoms with van der Waals surface area (Å²) >= 11 is 0. The van der Waals surface area contributed by atoms with Crippen molar-refractivity contribution in [1.29, 1.82) is 0 Å². The number of nitro benzene ring substituents is 1. The van der Waals surface area contributed by atoms with Crippen molar-refractivity contribution in [3.63, 3.8) is 0 Å². The lowest BCUT2D eigenvalue weighted by Gasteiger charge is -2.13. The number of benzene rings is 3. The number of carbonyl (C=O) groups is 1. The molecule has 34 heavy (non-hydrogen) atoms. The number of hydrogen-bond acceptors (Lipinski definition) is 7. The molecule has 0 unspecified atom stereocenters. The summed E-state index contributed by atoms with van der Waals surface area (Å²) in [6.45, 7) is 2.31. The van der Waals surface area contributed by atoms with Crippen molar-refractivity contribution in [2.45, 2.75) is 13.5 Å². The van der Waals surface area contributed by atoms with Gasteiger partial charge in [-0.2, -0.15) is 0 Å². The van der Waals surface area contributed by atoms with Crippen LogP contribution in [0.15, 0.2) is 77.4 Å². The van der Waals surface area contributed by atoms with Gasteiger partial charge in [-0.3, -0.25) is 10.1 Å². The van der Waals surface area contributed by atoms with Gasteiger partial charge in [0.1, 0.15) is 12.4 Å². The van der Waals surface area contributed by atoms with E-state index in [1.807, 2.05) is 6.92 Å². The van der Waals surface area contributed by atoms with Gasteiger partial charge in [0.05, 0.1) is 11.5 Å². The topological polar surface area (TPSA) is 100 Å². The number of ether oxygens (including phenoxy) is 3. The number of halogens is 1. The van der Waals surface area contributed by atoms with Crippen molar-refractivity contribution in [2.75, 3.05) is 6.61 Å². The van der Waals surface area contributed by atoms with Gasteiger partial charge in [-0.05, 0) is 60.5 Å². The number of nitro groups is 1. The Kier molecular flexibility index (Phi) is 6.63. The maximum absolute atomic E-state index is 13.1. The van der Waals surface area contributed by atoms with E-state index >= 15 is 0 Å². The van der Waals surface area contributed by atoms with Crippen LogP contribution in [-0.4, -0.2) is 23.4 Å². The molecule has 0 amide bonds. The minimum Gasteiger partial charge on any atom is -0.490 e. The Morgan fingerprint density at radius 1 is 1.06 bits per heavy atom. The Morgan fingerprint density at radius 2 is 1.85 bits per heavy atom. The van der Waals surface area contributed by atoms with E-state index in [4.69, 9.17) is 14.2 Å². The largest absolute Gasteiger partial charge is 0.490 e. The first-order valence-electron chi connectivity index (χ1n) is 10.3. The van der Waals surface area contributed by atoms with Gasteiger partial charge in [0.2, 0.25) is 5.90 Å². The normalized spacial score (nSPS) is 14.0. The van der Waals surface area contributed by atoms with Gasteiger partial charge in [-0.1, -0.05) is 18.2 Å². The molecule has 3 aromatic carbocycles. The molecule has 0 fully saturated rings. The van der Waals surface area contributed by atoms with Gasteiger partial charge in [-0.25, -0.2) is 14.2 Å². The van der Waals surface area contributed by atoms with Crippen molar-refractivity contribution < 1.29 is 28.3 Å². The summed E-state index contributed by atoms with van der Waals surface area (Å²) in [6.07, 6.45) is 1.55. The van der Waals surface area contributed by atoms with Crippen LogP contribution in [0, 0.1) is 15.9 Å². The first kappa shape index (κ1) is 22.7. The van der Waals surface area contributed by atoms with E-state index in [-0.39, 0.29) is 23.9 Å². The number of nitrogens with zero attached hydrogens (tertiary/aromatic N) is 2. The van der Waals surface area contributed by atoms with Crippen LogP contribution >= 0.6 is 0 Å². The van der Waals surface area contributed by atoms with Crippen molar-refractivity contribution >= 4 is 23.6 Å². The van der Waals surface area contributed by atoms with Crippen molar-refractivity contribution in [2.24, 2.45) is 4.99 Å². The zero-order valence-corrected chi connectivity index (χ0v) is 18.1. The molecule has 8 nitrogen and oxygen atoms in total. The predicted molar refractivity (Wildman–Crippen MR) is 122 cm³/mol. The highest BCUT2D eigenvalue weighted by Gasteiger charge is 2.24. The molecule has 1 heterocycles. The van der Waals surface area contributed by atoms with Crippen LogP contribution in [0.4, 0.5) is 10.1 Å². The van der Waals surface area contributed by atoms with Crippen LogP contribution < -0.4 is 9.47 Å². The molecule has 0 aromatic heterocycles. The highest BCUT2D eigenvalue weighted by atomic mass is 19.1. The van der Waals surface area contributed by atoms with Gasteiger partial charge < -0.3 is 14.2 Å². The molecule has 4 rings (SSSR count). The van der Waals surface area contributed by atoms with Crippen molar-refractivity contribution in [1.82, 2.24) is 0 Å². The number of esters is 1. The smallest absolute Gasteiger partial charge is 0.363 e. The SMILES string of the molecule is CCOc1cc(/C=C2\N=C(c3ccc(F)cc3)OC2=O)ccc1OCc1cccc([N+](=O)[O-])c1. The summed E-state index contributed by atoms with van der Waals surface area (Å²) in [7, 11) is 0. The van der Waals surface area contributed by atoms with E-state index in [0.717, 1.165) is 0 Å². The van der Waals surface area contributed by atoms with Crippen molar-refractivity contribution in [3.05, 3.63) is 105 Å². The lowest BCUT2D eigenvalue weighted by Crippen LogP contribution is -2.05. The number of rotatable bonds is 8. The van der Waals surface area contributed by atoms with Crippen LogP contribution in [0.3, 0.4) is 0 Å². The summed E-state index contributed by atoms with van der Waals surface area (Å²) in [5, 5.41) is 11.0. The fourth-order valence-corrected chi connectivity index (χ4v) is 3.21. The van der Waals surface area contributed by atoms with E-state index in [2.05, 4.69) is 4.99 Å². The molecule has 1 aliphatic heterocycles. The number of non-ortho nitro benzene ring substituents is 1. The molecular formula is C25H19FN2O6. The first-order chi connectivity index (χ1) is 16.4. The molecule has 0 N–H and O–H groups in total. The molecule has 1 aliphatic rings. The van der Waals surface area contributed by atoms with E-state index in [1.54, 1.807) is 36.4 Å². The highest BCUT2D eigenvalue weighted by Crippen LogP contribution is 2.31. The first-order valence-corrected chi connectivity index (χ1v) is 10.3. The van der Waals surface area contributed by atoms with Gasteiger partial charge in [0, 0.05) is 17.7 Å². The number of hydrogen-bond donors (Lipinski definition) is 0. The van der Waals surface area contributed by atoms with Crippen LogP contribution in [0.1, 0.15) is 23.6 Å². The quantitative estimate of drug-likeness (QED) is 0.201. The fraction of sp³-hybridized carbons (Fsp3) is 0.120. The highest BCUT2D eigenvalue weighted by molar-refractivity contribution is 6.12. The molecule has 0 atom stereocenters. The minimum atomic E-state index is -0.622. The molecule has 0 saturated heterocycles. The monoisotopic (exact) mass is 462 g/mol. The third-order valence-corrected chi connectivity index (χ3v) is 4.80. The number of cyclic esters (lactones) is 1. The average molecular weight is 462 g/mol. The van der Waals surface area contributed by atoms with Gasteiger partial charge in [0.15, 0.2) is 17.2 Å². The molecule has 3 aromatic rings. The summed E-state index contributed by atoms with van der Waals surface area (Å²) < 4.78 is 29.8. The lowest BCUT2D eigenvalue weighted by molar-refractivity contribution is -0.384. The van der Waals surface area contributed by atoms with Gasteiger partial charge >= 0.3 is 5.97 Å². The van der Waals surface area contributed by atoms with Crippen LogP contribution in [0.25, 0.3) is 6.08 Å². The van der Waals surface area contributed by atoms with E-state index in [0.29, 0.717) is 34.8 Å². The Hall–Kier alpha value is -4.53. The molecule has 0 saturated carbocycles. The molecule has 0 aliphatic carbocycles. The molecule has 0 radical (unpaired) electrons. The van der Waals surface area contributed by atoms with Gasteiger partial charge in [0.25, 0.3) is 5.69 Å². The maximum atomic E-state index is 13.1. The van der Waals surface area contributed by atoms with E-state index in [9.17, 15) is 19.3 Å². The van der Waals surface area contributed by atoms with Gasteiger partial charge in [-0.15, -0.1) is 0 Å². The summed E-state index contributed by atoms with van der Waals surface area (Å²) in [4.78, 5) is 27.0. The van der Waals surface area contributed by atoms with Crippen LogP contribution in [0.5, 0.6) is 11.5 Å². The molecule has 172 valence electrons. The third-order valence-electron chi connectivity index (χ3n) is 4.80. The van der Waals surface area contributed by atoms with Crippen molar-refractivity contribution in [3.8, 4) is 11.5 Å². The average Bonchev–Trinajstić information content (AvgIpc) is 3.19. The lowest BCUT2D eigenvalue weighted by atomic mass is 10.1. The van der Waals surface area contributed by atoms with Crippen LogP contribution in [-0.2, 0) is 16.1 Å². The Morgan fingerprint density at radius 3 is 2.59 bits per heavy atom. The second-order valence-corrected chi connectivity index (χ2v) is 7.20. The molecule has 0 bridgehead atoms. The Balaban J connectivity index is 1.54. The second kappa shape index (κ2) is 9.95. The summed E-state index contributed by atoms with van der Waals surface area (Å²) in [6, 6.07) is 16.7. The van der Waals surface area contributed by atoms with E-state index < -0.39 is 16.7 Å². The van der Waals surface area contributed by atoms with E-state index in [1.165, 1.54) is 36.4 Å². The standard InChI is InChI=1S/C25H19FN2O6/c1-2-32-23-14-16(6-11-22(23)33-15-17-4-3-5-20(12-17)28(30)31)13-21-25(29)34-24(27-21)18-7-9-19(26)10-8-18/h3-14H,2,15H2,1H3/b21-13-. The maximum Gasteiger partial charge on any atom is 0.363 e. The third kappa shape index (κ3) is 5.26. The molecular weight excluding hydrogens is 443 g/mol. The summed E-state index contributed by atoms with van der Waals surface area (Å²) in [5.74, 6) is -0.0430. The summed E-state index contributed by atoms with van der Waals surface area (Å²) in [5.41, 5.74) is 1.82. The Bertz CT molecular complexity index is 1300. The Labute approximate surface area is 194 Å².